The lowest BCUT2D eigenvalue weighted by molar-refractivity contribution is -0.136. The van der Waals surface area contributed by atoms with Crippen molar-refractivity contribution in [3.05, 3.63) is 42.0 Å². The fourth-order valence-electron chi connectivity index (χ4n) is 1.14. The van der Waals surface area contributed by atoms with Crippen LogP contribution in [-0.2, 0) is 4.79 Å². The number of aliphatic carboxylic acids is 1. The SMILES string of the molecule is Cl.O=C(O)CCNCC=Cc1ccccc1. The molecule has 0 aliphatic rings. The highest BCUT2D eigenvalue weighted by molar-refractivity contribution is 5.85. The summed E-state index contributed by atoms with van der Waals surface area (Å²) in [7, 11) is 0. The lowest BCUT2D eigenvalue weighted by Crippen LogP contribution is -2.17. The van der Waals surface area contributed by atoms with E-state index in [4.69, 9.17) is 5.11 Å². The molecule has 0 heterocycles. The molecule has 0 radical (unpaired) electrons. The largest absolute Gasteiger partial charge is 0.481 e. The molecule has 0 atom stereocenters. The first-order valence-electron chi connectivity index (χ1n) is 4.93. The molecule has 2 N–H and O–H groups in total. The minimum atomic E-state index is -0.769. The Bertz CT molecular complexity index is 325. The molecule has 0 bridgehead atoms. The topological polar surface area (TPSA) is 49.3 Å². The predicted molar refractivity (Wildman–Crippen MR) is 67.8 cm³/mol. The van der Waals surface area contributed by atoms with Crippen LogP contribution in [0.4, 0.5) is 0 Å². The maximum absolute atomic E-state index is 10.2. The van der Waals surface area contributed by atoms with Crippen molar-refractivity contribution < 1.29 is 9.90 Å². The van der Waals surface area contributed by atoms with Gasteiger partial charge in [-0.25, -0.2) is 0 Å². The average Bonchev–Trinajstić information content (AvgIpc) is 2.24. The molecule has 0 saturated heterocycles. The maximum atomic E-state index is 10.2. The second-order valence-corrected chi connectivity index (χ2v) is 3.16. The lowest BCUT2D eigenvalue weighted by Gasteiger charge is -1.97. The zero-order chi connectivity index (χ0) is 10.9. The molecular weight excluding hydrogens is 226 g/mol. The number of carboxylic acid groups (broad SMARTS) is 1. The zero-order valence-corrected chi connectivity index (χ0v) is 9.74. The number of hydrogen-bond acceptors (Lipinski definition) is 2. The maximum Gasteiger partial charge on any atom is 0.304 e. The van der Waals surface area contributed by atoms with Crippen molar-refractivity contribution in [3.63, 3.8) is 0 Å². The third-order valence-electron chi connectivity index (χ3n) is 1.89. The van der Waals surface area contributed by atoms with Gasteiger partial charge in [0.15, 0.2) is 0 Å². The Balaban J connectivity index is 0.00000225. The van der Waals surface area contributed by atoms with Crippen LogP contribution < -0.4 is 5.32 Å². The summed E-state index contributed by atoms with van der Waals surface area (Å²) in [6.45, 7) is 1.20. The van der Waals surface area contributed by atoms with Gasteiger partial charge in [-0.2, -0.15) is 0 Å². The van der Waals surface area contributed by atoms with Gasteiger partial charge in [0.25, 0.3) is 0 Å². The van der Waals surface area contributed by atoms with Crippen LogP contribution in [0.2, 0.25) is 0 Å². The molecule has 1 rings (SSSR count). The van der Waals surface area contributed by atoms with Gasteiger partial charge >= 0.3 is 5.97 Å². The molecule has 0 amide bonds. The van der Waals surface area contributed by atoms with E-state index in [2.05, 4.69) is 5.32 Å². The average molecular weight is 242 g/mol. The van der Waals surface area contributed by atoms with Crippen molar-refractivity contribution in [1.29, 1.82) is 0 Å². The summed E-state index contributed by atoms with van der Waals surface area (Å²) in [6.07, 6.45) is 4.16. The molecule has 1 aromatic carbocycles. The van der Waals surface area contributed by atoms with Crippen LogP contribution in [0.1, 0.15) is 12.0 Å². The number of hydrogen-bond donors (Lipinski definition) is 2. The molecule has 0 spiro atoms. The molecule has 0 aromatic heterocycles. The summed E-state index contributed by atoms with van der Waals surface area (Å²) in [4.78, 5) is 10.2. The highest BCUT2D eigenvalue weighted by Gasteiger charge is 1.92. The van der Waals surface area contributed by atoms with Gasteiger partial charge < -0.3 is 10.4 Å². The van der Waals surface area contributed by atoms with Gasteiger partial charge in [-0.3, -0.25) is 4.79 Å². The van der Waals surface area contributed by atoms with Gasteiger partial charge in [0.2, 0.25) is 0 Å². The highest BCUT2D eigenvalue weighted by atomic mass is 35.5. The van der Waals surface area contributed by atoms with Gasteiger partial charge in [-0.05, 0) is 5.56 Å². The van der Waals surface area contributed by atoms with Crippen LogP contribution in [0.15, 0.2) is 36.4 Å². The zero-order valence-electron chi connectivity index (χ0n) is 8.93. The van der Waals surface area contributed by atoms with Crippen molar-refractivity contribution in [2.45, 2.75) is 6.42 Å². The Morgan fingerprint density at radius 2 is 2.00 bits per heavy atom. The first-order chi connectivity index (χ1) is 7.29. The molecule has 4 heteroatoms. The van der Waals surface area contributed by atoms with Crippen LogP contribution in [-0.4, -0.2) is 24.2 Å². The van der Waals surface area contributed by atoms with Gasteiger partial charge in [-0.15, -0.1) is 12.4 Å². The summed E-state index contributed by atoms with van der Waals surface area (Å²) in [5.74, 6) is -0.769. The van der Waals surface area contributed by atoms with E-state index >= 15 is 0 Å². The van der Waals surface area contributed by atoms with Gasteiger partial charge in [0.05, 0.1) is 6.42 Å². The van der Waals surface area contributed by atoms with Crippen molar-refractivity contribution in [3.8, 4) is 0 Å². The summed E-state index contributed by atoms with van der Waals surface area (Å²) in [5.41, 5.74) is 1.15. The van der Waals surface area contributed by atoms with Gasteiger partial charge in [0, 0.05) is 13.1 Å². The quantitative estimate of drug-likeness (QED) is 0.751. The van der Waals surface area contributed by atoms with Crippen LogP contribution in [0.3, 0.4) is 0 Å². The Kier molecular flexibility index (Phi) is 8.21. The van der Waals surface area contributed by atoms with Crippen LogP contribution >= 0.6 is 12.4 Å². The predicted octanol–water partition coefficient (Wildman–Crippen LogP) is 2.19. The third-order valence-corrected chi connectivity index (χ3v) is 1.89. The molecule has 1 aromatic rings. The van der Waals surface area contributed by atoms with E-state index in [1.807, 2.05) is 42.5 Å². The second-order valence-electron chi connectivity index (χ2n) is 3.16. The minimum Gasteiger partial charge on any atom is -0.481 e. The number of nitrogens with one attached hydrogen (secondary N) is 1. The number of benzene rings is 1. The molecule has 0 aliphatic carbocycles. The molecule has 0 unspecified atom stereocenters. The third kappa shape index (κ3) is 7.04. The molecular formula is C12H16ClNO2. The summed E-state index contributed by atoms with van der Waals surface area (Å²) in [5, 5.41) is 11.4. The second kappa shape index (κ2) is 8.95. The Morgan fingerprint density at radius 3 is 2.62 bits per heavy atom. The van der Waals surface area contributed by atoms with E-state index < -0.39 is 5.97 Å². The van der Waals surface area contributed by atoms with Crippen molar-refractivity contribution in [1.82, 2.24) is 5.32 Å². The van der Waals surface area contributed by atoms with Crippen LogP contribution in [0.5, 0.6) is 0 Å². The molecule has 88 valence electrons. The fourth-order valence-corrected chi connectivity index (χ4v) is 1.14. The first kappa shape index (κ1) is 14.7. The molecule has 0 fully saturated rings. The van der Waals surface area contributed by atoms with Gasteiger partial charge in [0.1, 0.15) is 0 Å². The van der Waals surface area contributed by atoms with Crippen LogP contribution in [0.25, 0.3) is 6.08 Å². The normalized spacial score (nSPS) is 10.0. The van der Waals surface area contributed by atoms with E-state index in [-0.39, 0.29) is 18.8 Å². The van der Waals surface area contributed by atoms with E-state index in [0.29, 0.717) is 13.1 Å². The lowest BCUT2D eigenvalue weighted by atomic mass is 10.2. The summed E-state index contributed by atoms with van der Waals surface area (Å²) in [6, 6.07) is 9.99. The fraction of sp³-hybridized carbons (Fsp3) is 0.250. The van der Waals surface area contributed by atoms with E-state index in [1.54, 1.807) is 0 Å². The standard InChI is InChI=1S/C12H15NO2.ClH/c14-12(15)8-10-13-9-4-7-11-5-2-1-3-6-11;/h1-7,13H,8-10H2,(H,14,15);1H. The molecule has 16 heavy (non-hydrogen) atoms. The molecule has 3 nitrogen and oxygen atoms in total. The number of carboxylic acids is 1. The Hall–Kier alpha value is -1.32. The summed E-state index contributed by atoms with van der Waals surface area (Å²) >= 11 is 0. The molecule has 0 aliphatic heterocycles. The minimum absolute atomic E-state index is 0. The number of carbonyl (C=O) groups is 1. The first-order valence-corrected chi connectivity index (χ1v) is 4.93. The summed E-state index contributed by atoms with van der Waals surface area (Å²) < 4.78 is 0. The van der Waals surface area contributed by atoms with Crippen molar-refractivity contribution in [2.75, 3.05) is 13.1 Å². The Morgan fingerprint density at radius 1 is 1.31 bits per heavy atom. The highest BCUT2D eigenvalue weighted by Crippen LogP contribution is 1.99. The van der Waals surface area contributed by atoms with Gasteiger partial charge in [-0.1, -0.05) is 42.5 Å². The van der Waals surface area contributed by atoms with Crippen LogP contribution in [0, 0.1) is 0 Å². The number of halogens is 1. The monoisotopic (exact) mass is 241 g/mol. The van der Waals surface area contributed by atoms with E-state index in [9.17, 15) is 4.79 Å². The van der Waals surface area contributed by atoms with E-state index in [0.717, 1.165) is 5.56 Å². The Labute approximate surface area is 102 Å². The smallest absolute Gasteiger partial charge is 0.304 e. The van der Waals surface area contributed by atoms with E-state index in [1.165, 1.54) is 0 Å². The van der Waals surface area contributed by atoms with Crippen molar-refractivity contribution in [2.24, 2.45) is 0 Å². The number of rotatable bonds is 6. The van der Waals surface area contributed by atoms with Crippen molar-refractivity contribution >= 4 is 24.5 Å². The molecule has 0 saturated carbocycles.